The van der Waals surface area contributed by atoms with Crippen molar-refractivity contribution < 1.29 is 0 Å². The number of pyridine rings is 1. The summed E-state index contributed by atoms with van der Waals surface area (Å²) in [5, 5.41) is 3.54. The molecule has 0 radical (unpaired) electrons. The molecule has 3 nitrogen and oxygen atoms in total. The Hall–Kier alpha value is -1.61. The molecule has 2 rings (SSSR count). The minimum Gasteiger partial charge on any atom is -0.350 e. The second-order valence-corrected chi connectivity index (χ2v) is 4.58. The minimum absolute atomic E-state index is 0.323. The lowest BCUT2D eigenvalue weighted by Gasteiger charge is -2.15. The average Bonchev–Trinajstić information content (AvgIpc) is 2.85. The van der Waals surface area contributed by atoms with Crippen LogP contribution in [0.4, 0.5) is 0 Å². The quantitative estimate of drug-likeness (QED) is 0.844. The minimum atomic E-state index is 0.323. The average molecular weight is 243 g/mol. The summed E-state index contributed by atoms with van der Waals surface area (Å²) >= 11 is 0. The van der Waals surface area contributed by atoms with Crippen molar-refractivity contribution >= 4 is 0 Å². The number of hydrogen-bond donors (Lipinski definition) is 1. The Labute approximate surface area is 109 Å². The van der Waals surface area contributed by atoms with Crippen molar-refractivity contribution in [2.24, 2.45) is 0 Å². The van der Waals surface area contributed by atoms with Crippen LogP contribution in [-0.2, 0) is 13.1 Å². The molecular formula is C15H21N3. The van der Waals surface area contributed by atoms with Crippen molar-refractivity contribution in [2.75, 3.05) is 0 Å². The molecule has 18 heavy (non-hydrogen) atoms. The van der Waals surface area contributed by atoms with Crippen molar-refractivity contribution in [3.8, 4) is 0 Å². The van der Waals surface area contributed by atoms with Crippen molar-refractivity contribution in [3.63, 3.8) is 0 Å². The first kappa shape index (κ1) is 12.8. The zero-order valence-electron chi connectivity index (χ0n) is 11.1. The van der Waals surface area contributed by atoms with Crippen LogP contribution in [0.1, 0.15) is 37.6 Å². The molecule has 0 saturated heterocycles. The number of hydrogen-bond acceptors (Lipinski definition) is 2. The standard InChI is InChI=1S/C15H21N3/c1-3-9-18-10-5-7-15(18)12-17-13(2)14-6-4-8-16-11-14/h4-8,10-11,13,17H,3,9,12H2,1-2H3/t13-/m1/s1. The van der Waals surface area contributed by atoms with Gasteiger partial charge in [-0.1, -0.05) is 13.0 Å². The number of nitrogens with zero attached hydrogens (tertiary/aromatic N) is 2. The second kappa shape index (κ2) is 6.36. The van der Waals surface area contributed by atoms with Gasteiger partial charge in [0.15, 0.2) is 0 Å². The van der Waals surface area contributed by atoms with E-state index < -0.39 is 0 Å². The summed E-state index contributed by atoms with van der Waals surface area (Å²) in [6, 6.07) is 8.70. The maximum Gasteiger partial charge on any atom is 0.0364 e. The summed E-state index contributed by atoms with van der Waals surface area (Å²) in [5.41, 5.74) is 2.57. The van der Waals surface area contributed by atoms with Crippen molar-refractivity contribution in [3.05, 3.63) is 54.1 Å². The lowest BCUT2D eigenvalue weighted by Crippen LogP contribution is -2.20. The molecule has 0 bridgehead atoms. The Balaban J connectivity index is 1.93. The molecule has 0 aliphatic heterocycles. The van der Waals surface area contributed by atoms with Crippen LogP contribution in [-0.4, -0.2) is 9.55 Å². The van der Waals surface area contributed by atoms with Crippen LogP contribution < -0.4 is 5.32 Å². The van der Waals surface area contributed by atoms with Gasteiger partial charge in [0.25, 0.3) is 0 Å². The lowest BCUT2D eigenvalue weighted by molar-refractivity contribution is 0.540. The van der Waals surface area contributed by atoms with Gasteiger partial charge in [0.05, 0.1) is 0 Å². The highest BCUT2D eigenvalue weighted by Crippen LogP contribution is 2.11. The van der Waals surface area contributed by atoms with Gasteiger partial charge in [-0.3, -0.25) is 4.98 Å². The zero-order chi connectivity index (χ0) is 12.8. The zero-order valence-corrected chi connectivity index (χ0v) is 11.1. The number of rotatable bonds is 6. The van der Waals surface area contributed by atoms with E-state index in [1.54, 1.807) is 0 Å². The highest BCUT2D eigenvalue weighted by Gasteiger charge is 2.06. The van der Waals surface area contributed by atoms with Crippen molar-refractivity contribution in [2.45, 2.75) is 39.4 Å². The first-order valence-corrected chi connectivity index (χ1v) is 6.58. The molecule has 2 aromatic rings. The maximum absolute atomic E-state index is 4.15. The number of aromatic nitrogens is 2. The predicted octanol–water partition coefficient (Wildman–Crippen LogP) is 3.14. The van der Waals surface area contributed by atoms with Crippen LogP contribution in [0, 0.1) is 0 Å². The van der Waals surface area contributed by atoms with E-state index in [-0.39, 0.29) is 0 Å². The third-order valence-electron chi connectivity index (χ3n) is 3.16. The van der Waals surface area contributed by atoms with Gasteiger partial charge in [0.1, 0.15) is 0 Å². The summed E-state index contributed by atoms with van der Waals surface area (Å²) in [6.45, 7) is 6.36. The van der Waals surface area contributed by atoms with Crippen LogP contribution >= 0.6 is 0 Å². The van der Waals surface area contributed by atoms with Gasteiger partial charge in [0.2, 0.25) is 0 Å². The van der Waals surface area contributed by atoms with Crippen LogP contribution in [0.2, 0.25) is 0 Å². The van der Waals surface area contributed by atoms with E-state index in [0.717, 1.165) is 13.1 Å². The van der Waals surface area contributed by atoms with E-state index in [4.69, 9.17) is 0 Å². The lowest BCUT2D eigenvalue weighted by atomic mass is 10.1. The van der Waals surface area contributed by atoms with Gasteiger partial charge in [-0.15, -0.1) is 0 Å². The molecule has 1 N–H and O–H groups in total. The molecule has 0 aromatic carbocycles. The van der Waals surface area contributed by atoms with E-state index in [0.29, 0.717) is 6.04 Å². The molecule has 0 aliphatic rings. The Kier molecular flexibility index (Phi) is 4.53. The molecule has 96 valence electrons. The van der Waals surface area contributed by atoms with Gasteiger partial charge in [-0.2, -0.15) is 0 Å². The number of aryl methyl sites for hydroxylation is 1. The van der Waals surface area contributed by atoms with Crippen LogP contribution in [0.5, 0.6) is 0 Å². The summed E-state index contributed by atoms with van der Waals surface area (Å²) in [4.78, 5) is 4.15. The van der Waals surface area contributed by atoms with Crippen LogP contribution in [0.15, 0.2) is 42.9 Å². The maximum atomic E-state index is 4.15. The molecule has 0 fully saturated rings. The number of nitrogens with one attached hydrogen (secondary N) is 1. The van der Waals surface area contributed by atoms with E-state index >= 15 is 0 Å². The smallest absolute Gasteiger partial charge is 0.0364 e. The summed E-state index contributed by atoms with van der Waals surface area (Å²) in [7, 11) is 0. The van der Waals surface area contributed by atoms with E-state index in [2.05, 4.69) is 53.1 Å². The van der Waals surface area contributed by atoms with Gasteiger partial charge in [-0.25, -0.2) is 0 Å². The summed E-state index contributed by atoms with van der Waals surface area (Å²) in [6.07, 6.45) is 7.04. The summed E-state index contributed by atoms with van der Waals surface area (Å²) < 4.78 is 2.31. The van der Waals surface area contributed by atoms with Gasteiger partial charge in [-0.05, 0) is 37.1 Å². The SMILES string of the molecule is CCCn1cccc1CN[C@H](C)c1cccnc1. The molecule has 2 heterocycles. The van der Waals surface area contributed by atoms with Gasteiger partial charge in [0, 0.05) is 43.4 Å². The normalized spacial score (nSPS) is 12.6. The molecule has 0 saturated carbocycles. The third kappa shape index (κ3) is 3.20. The Bertz CT molecular complexity index is 462. The first-order chi connectivity index (χ1) is 8.81. The second-order valence-electron chi connectivity index (χ2n) is 4.58. The Morgan fingerprint density at radius 3 is 2.94 bits per heavy atom. The molecule has 0 amide bonds. The molecule has 0 aliphatic carbocycles. The fourth-order valence-electron chi connectivity index (χ4n) is 2.08. The predicted molar refractivity (Wildman–Crippen MR) is 74.2 cm³/mol. The van der Waals surface area contributed by atoms with E-state index in [1.807, 2.05) is 18.5 Å². The monoisotopic (exact) mass is 243 g/mol. The molecule has 2 aromatic heterocycles. The van der Waals surface area contributed by atoms with Crippen molar-refractivity contribution in [1.29, 1.82) is 0 Å². The van der Waals surface area contributed by atoms with Crippen LogP contribution in [0.3, 0.4) is 0 Å². The third-order valence-corrected chi connectivity index (χ3v) is 3.16. The summed E-state index contributed by atoms with van der Waals surface area (Å²) in [5.74, 6) is 0. The molecular weight excluding hydrogens is 222 g/mol. The molecule has 3 heteroatoms. The Morgan fingerprint density at radius 1 is 1.33 bits per heavy atom. The van der Waals surface area contributed by atoms with E-state index in [9.17, 15) is 0 Å². The van der Waals surface area contributed by atoms with Gasteiger partial charge < -0.3 is 9.88 Å². The topological polar surface area (TPSA) is 29.9 Å². The fraction of sp³-hybridized carbons (Fsp3) is 0.400. The molecule has 0 unspecified atom stereocenters. The first-order valence-electron chi connectivity index (χ1n) is 6.58. The largest absolute Gasteiger partial charge is 0.350 e. The van der Waals surface area contributed by atoms with Crippen molar-refractivity contribution in [1.82, 2.24) is 14.9 Å². The Morgan fingerprint density at radius 2 is 2.22 bits per heavy atom. The van der Waals surface area contributed by atoms with Gasteiger partial charge >= 0.3 is 0 Å². The molecule has 0 spiro atoms. The highest BCUT2D eigenvalue weighted by atomic mass is 15.0. The highest BCUT2D eigenvalue weighted by molar-refractivity contribution is 5.14. The van der Waals surface area contributed by atoms with Crippen LogP contribution in [0.25, 0.3) is 0 Å². The van der Waals surface area contributed by atoms with E-state index in [1.165, 1.54) is 17.7 Å². The fourth-order valence-corrected chi connectivity index (χ4v) is 2.08. The molecule has 1 atom stereocenters.